The maximum absolute atomic E-state index is 13.1. The van der Waals surface area contributed by atoms with E-state index in [2.05, 4.69) is 55.5 Å². The van der Waals surface area contributed by atoms with Crippen LogP contribution in [-0.4, -0.2) is 10.8 Å². The lowest BCUT2D eigenvalue weighted by Crippen LogP contribution is -2.54. The van der Waals surface area contributed by atoms with Crippen LogP contribution in [0.5, 0.6) is 0 Å². The van der Waals surface area contributed by atoms with Crippen molar-refractivity contribution in [1.82, 2.24) is 4.90 Å². The third-order valence-corrected chi connectivity index (χ3v) is 5.32. The second kappa shape index (κ2) is 7.63. The molecule has 1 heterocycles. The number of carbonyl (C=O) groups excluding carboxylic acids is 1. The van der Waals surface area contributed by atoms with Crippen LogP contribution in [0.4, 0.5) is 0 Å². The van der Waals surface area contributed by atoms with E-state index in [4.69, 9.17) is 0 Å². The van der Waals surface area contributed by atoms with Crippen LogP contribution >= 0.6 is 0 Å². The van der Waals surface area contributed by atoms with Crippen molar-refractivity contribution in [3.63, 3.8) is 0 Å². The SMILES string of the molecule is C[C@@H](c1ccccc1)N1C(=O)[C@@H](/C=C/c2ccccc2)[C@@H]1c1ccccc1. The molecule has 0 aromatic heterocycles. The third-order valence-electron chi connectivity index (χ3n) is 5.32. The van der Waals surface area contributed by atoms with Gasteiger partial charge in [-0.2, -0.15) is 0 Å². The highest BCUT2D eigenvalue weighted by molar-refractivity contribution is 5.89. The molecular formula is C25H23NO. The van der Waals surface area contributed by atoms with Gasteiger partial charge in [0.2, 0.25) is 5.91 Å². The summed E-state index contributed by atoms with van der Waals surface area (Å²) < 4.78 is 0. The van der Waals surface area contributed by atoms with Crippen LogP contribution in [0.25, 0.3) is 6.08 Å². The van der Waals surface area contributed by atoms with Gasteiger partial charge in [-0.25, -0.2) is 0 Å². The number of rotatable bonds is 5. The van der Waals surface area contributed by atoms with Gasteiger partial charge in [-0.1, -0.05) is 103 Å². The van der Waals surface area contributed by atoms with Crippen molar-refractivity contribution in [3.05, 3.63) is 114 Å². The molecule has 1 saturated heterocycles. The van der Waals surface area contributed by atoms with Crippen LogP contribution < -0.4 is 0 Å². The molecule has 3 atom stereocenters. The van der Waals surface area contributed by atoms with E-state index in [-0.39, 0.29) is 23.9 Å². The van der Waals surface area contributed by atoms with Crippen LogP contribution in [0, 0.1) is 5.92 Å². The van der Waals surface area contributed by atoms with E-state index in [1.807, 2.05) is 59.5 Å². The van der Waals surface area contributed by atoms with Gasteiger partial charge in [0.15, 0.2) is 0 Å². The molecule has 4 rings (SSSR count). The van der Waals surface area contributed by atoms with E-state index in [9.17, 15) is 4.79 Å². The Hall–Kier alpha value is -3.13. The Morgan fingerprint density at radius 1 is 0.815 bits per heavy atom. The first kappa shape index (κ1) is 17.3. The van der Waals surface area contributed by atoms with E-state index in [0.717, 1.165) is 11.1 Å². The summed E-state index contributed by atoms with van der Waals surface area (Å²) in [5, 5.41) is 0. The number of amides is 1. The number of hydrogen-bond acceptors (Lipinski definition) is 1. The van der Waals surface area contributed by atoms with Crippen LogP contribution in [0.15, 0.2) is 97.1 Å². The second-order valence-corrected chi connectivity index (χ2v) is 6.98. The van der Waals surface area contributed by atoms with E-state index < -0.39 is 0 Å². The third kappa shape index (κ3) is 3.43. The Balaban J connectivity index is 1.64. The minimum absolute atomic E-state index is 0.0466. The minimum Gasteiger partial charge on any atom is -0.327 e. The van der Waals surface area contributed by atoms with Crippen LogP contribution in [0.3, 0.4) is 0 Å². The van der Waals surface area contributed by atoms with Crippen molar-refractivity contribution >= 4 is 12.0 Å². The molecule has 134 valence electrons. The largest absolute Gasteiger partial charge is 0.327 e. The van der Waals surface area contributed by atoms with Gasteiger partial charge in [-0.3, -0.25) is 4.79 Å². The van der Waals surface area contributed by atoms with Crippen LogP contribution in [-0.2, 0) is 4.79 Å². The van der Waals surface area contributed by atoms with Gasteiger partial charge in [-0.05, 0) is 23.6 Å². The van der Waals surface area contributed by atoms with Gasteiger partial charge in [0.05, 0.1) is 18.0 Å². The van der Waals surface area contributed by atoms with Gasteiger partial charge >= 0.3 is 0 Å². The van der Waals surface area contributed by atoms with Gasteiger partial charge in [0.1, 0.15) is 0 Å². The Morgan fingerprint density at radius 2 is 1.37 bits per heavy atom. The summed E-state index contributed by atoms with van der Waals surface area (Å²) in [7, 11) is 0. The van der Waals surface area contributed by atoms with Crippen molar-refractivity contribution in [1.29, 1.82) is 0 Å². The molecule has 1 aliphatic heterocycles. The first-order valence-electron chi connectivity index (χ1n) is 9.41. The Kier molecular flexibility index (Phi) is 4.88. The molecule has 1 aliphatic rings. The summed E-state index contributed by atoms with van der Waals surface area (Å²) in [5.41, 5.74) is 3.46. The van der Waals surface area contributed by atoms with Crippen molar-refractivity contribution < 1.29 is 4.79 Å². The number of β-lactam (4-membered cyclic amide) rings is 1. The van der Waals surface area contributed by atoms with E-state index in [1.54, 1.807) is 0 Å². The molecule has 1 amide bonds. The molecule has 2 nitrogen and oxygen atoms in total. The molecular weight excluding hydrogens is 330 g/mol. The summed E-state index contributed by atoms with van der Waals surface area (Å²) in [5.74, 6) is 0.0613. The maximum atomic E-state index is 13.1. The monoisotopic (exact) mass is 353 g/mol. The Labute approximate surface area is 160 Å². The van der Waals surface area contributed by atoms with Crippen LogP contribution in [0.1, 0.15) is 35.7 Å². The fourth-order valence-corrected chi connectivity index (χ4v) is 3.84. The van der Waals surface area contributed by atoms with Crippen molar-refractivity contribution in [2.75, 3.05) is 0 Å². The molecule has 2 heteroatoms. The highest BCUT2D eigenvalue weighted by atomic mass is 16.2. The number of likely N-dealkylation sites (tertiary alicyclic amines) is 1. The maximum Gasteiger partial charge on any atom is 0.233 e. The number of benzene rings is 3. The summed E-state index contributed by atoms with van der Waals surface area (Å²) in [6.07, 6.45) is 4.12. The predicted molar refractivity (Wildman–Crippen MR) is 110 cm³/mol. The van der Waals surface area contributed by atoms with E-state index >= 15 is 0 Å². The van der Waals surface area contributed by atoms with Crippen molar-refractivity contribution in [3.8, 4) is 0 Å². The first-order valence-corrected chi connectivity index (χ1v) is 9.41. The zero-order valence-electron chi connectivity index (χ0n) is 15.4. The molecule has 0 saturated carbocycles. The molecule has 0 aliphatic carbocycles. The molecule has 0 N–H and O–H groups in total. The first-order chi connectivity index (χ1) is 13.3. The Morgan fingerprint density at radius 3 is 2.00 bits per heavy atom. The Bertz CT molecular complexity index is 918. The van der Waals surface area contributed by atoms with Gasteiger partial charge in [0.25, 0.3) is 0 Å². The summed E-state index contributed by atoms with van der Waals surface area (Å²) in [6.45, 7) is 2.11. The lowest BCUT2D eigenvalue weighted by Gasteiger charge is -2.50. The van der Waals surface area contributed by atoms with Crippen molar-refractivity contribution in [2.24, 2.45) is 5.92 Å². The zero-order chi connectivity index (χ0) is 18.6. The number of hydrogen-bond donors (Lipinski definition) is 0. The fraction of sp³-hybridized carbons (Fsp3) is 0.160. The van der Waals surface area contributed by atoms with Gasteiger partial charge in [-0.15, -0.1) is 0 Å². The molecule has 0 spiro atoms. The zero-order valence-corrected chi connectivity index (χ0v) is 15.4. The molecule has 27 heavy (non-hydrogen) atoms. The van der Waals surface area contributed by atoms with E-state index in [1.165, 1.54) is 5.56 Å². The summed E-state index contributed by atoms with van der Waals surface area (Å²) in [4.78, 5) is 15.1. The topological polar surface area (TPSA) is 20.3 Å². The molecule has 3 aromatic rings. The fourth-order valence-electron chi connectivity index (χ4n) is 3.84. The molecule has 3 aromatic carbocycles. The van der Waals surface area contributed by atoms with Crippen LogP contribution in [0.2, 0.25) is 0 Å². The minimum atomic E-state index is -0.126. The molecule has 0 radical (unpaired) electrons. The molecule has 0 bridgehead atoms. The number of nitrogens with zero attached hydrogens (tertiary/aromatic N) is 1. The quantitative estimate of drug-likeness (QED) is 0.542. The molecule has 0 unspecified atom stereocenters. The average molecular weight is 353 g/mol. The second-order valence-electron chi connectivity index (χ2n) is 6.98. The smallest absolute Gasteiger partial charge is 0.233 e. The van der Waals surface area contributed by atoms with Crippen molar-refractivity contribution in [2.45, 2.75) is 19.0 Å². The normalized spacial score (nSPS) is 20.5. The van der Waals surface area contributed by atoms with Gasteiger partial charge < -0.3 is 4.90 Å². The summed E-state index contributed by atoms with van der Waals surface area (Å²) in [6, 6.07) is 30.8. The molecule has 1 fully saturated rings. The van der Waals surface area contributed by atoms with E-state index in [0.29, 0.717) is 0 Å². The number of carbonyl (C=O) groups is 1. The standard InChI is InChI=1S/C25H23NO/c1-19(21-13-7-3-8-14-21)26-24(22-15-9-4-10-16-22)23(25(26)27)18-17-20-11-5-2-6-12-20/h2-19,23-24H,1H3/b18-17+/t19-,23-,24-/m0/s1. The highest BCUT2D eigenvalue weighted by Gasteiger charge is 2.48. The average Bonchev–Trinajstić information content (AvgIpc) is 2.74. The van der Waals surface area contributed by atoms with Gasteiger partial charge in [0, 0.05) is 0 Å². The lowest BCUT2D eigenvalue weighted by atomic mass is 9.80. The highest BCUT2D eigenvalue weighted by Crippen LogP contribution is 2.46. The predicted octanol–water partition coefficient (Wildman–Crippen LogP) is 5.66. The summed E-state index contributed by atoms with van der Waals surface area (Å²) >= 11 is 0. The lowest BCUT2D eigenvalue weighted by molar-refractivity contribution is -0.157.